The molecule has 0 aromatic heterocycles. The molecular formula is C16H25NO3. The van der Waals surface area contributed by atoms with E-state index in [1.54, 1.807) is 6.07 Å². The number of nitrogens with one attached hydrogen (secondary N) is 1. The summed E-state index contributed by atoms with van der Waals surface area (Å²) in [4.78, 5) is 0. The van der Waals surface area contributed by atoms with Crippen LogP contribution in [0, 0.1) is 0 Å². The van der Waals surface area contributed by atoms with Gasteiger partial charge >= 0.3 is 0 Å². The van der Waals surface area contributed by atoms with E-state index >= 15 is 0 Å². The average molecular weight is 279 g/mol. The van der Waals surface area contributed by atoms with Gasteiger partial charge in [-0.2, -0.15) is 0 Å². The number of aromatic hydroxyl groups is 1. The number of phenolic OH excluding ortho intramolecular Hbond substituents is 1. The summed E-state index contributed by atoms with van der Waals surface area (Å²) < 4.78 is 10.6. The number of rotatable bonds is 8. The topological polar surface area (TPSA) is 50.7 Å². The molecule has 112 valence electrons. The predicted molar refractivity (Wildman–Crippen MR) is 79.3 cm³/mol. The van der Waals surface area contributed by atoms with Crippen LogP contribution in [0.2, 0.25) is 0 Å². The van der Waals surface area contributed by atoms with E-state index in [1.165, 1.54) is 32.1 Å². The average Bonchev–Trinajstić information content (AvgIpc) is 2.88. The van der Waals surface area contributed by atoms with Crippen LogP contribution in [0.4, 0.5) is 0 Å². The second kappa shape index (κ2) is 7.39. The van der Waals surface area contributed by atoms with Gasteiger partial charge in [-0.15, -0.1) is 0 Å². The van der Waals surface area contributed by atoms with E-state index in [-0.39, 0.29) is 12.5 Å². The van der Waals surface area contributed by atoms with Gasteiger partial charge < -0.3 is 19.9 Å². The largest absolute Gasteiger partial charge is 0.507 e. The molecule has 4 heteroatoms. The fraction of sp³-hybridized carbons (Fsp3) is 0.625. The highest BCUT2D eigenvalue weighted by atomic mass is 16.7. The van der Waals surface area contributed by atoms with E-state index in [1.807, 2.05) is 6.07 Å². The van der Waals surface area contributed by atoms with Crippen LogP contribution < -0.4 is 14.8 Å². The van der Waals surface area contributed by atoms with Gasteiger partial charge in [-0.3, -0.25) is 0 Å². The van der Waals surface area contributed by atoms with Crippen molar-refractivity contribution in [2.45, 2.75) is 58.5 Å². The summed E-state index contributed by atoms with van der Waals surface area (Å²) in [6.07, 6.45) is 6.00. The quantitative estimate of drug-likeness (QED) is 0.764. The molecule has 2 rings (SSSR count). The van der Waals surface area contributed by atoms with Crippen molar-refractivity contribution in [2.75, 3.05) is 6.79 Å². The van der Waals surface area contributed by atoms with Crippen LogP contribution in [0.3, 0.4) is 0 Å². The summed E-state index contributed by atoms with van der Waals surface area (Å²) in [6, 6.07) is 4.03. The zero-order valence-electron chi connectivity index (χ0n) is 12.4. The van der Waals surface area contributed by atoms with Crippen LogP contribution in [-0.2, 0) is 6.54 Å². The Morgan fingerprint density at radius 2 is 1.90 bits per heavy atom. The van der Waals surface area contributed by atoms with Gasteiger partial charge in [0.15, 0.2) is 11.5 Å². The van der Waals surface area contributed by atoms with Crippen LogP contribution >= 0.6 is 0 Å². The van der Waals surface area contributed by atoms with Gasteiger partial charge in [0.1, 0.15) is 5.75 Å². The van der Waals surface area contributed by atoms with Crippen molar-refractivity contribution in [2.24, 2.45) is 0 Å². The standard InChI is InChI=1S/C16H25NO3/c1-3-5-7-13(6-4-2)17-10-12-8-15-16(9-14(12)18)20-11-19-15/h8-9,13,17-18H,3-7,10-11H2,1-2H3. The Morgan fingerprint density at radius 1 is 1.15 bits per heavy atom. The van der Waals surface area contributed by atoms with Crippen molar-refractivity contribution in [3.8, 4) is 17.2 Å². The van der Waals surface area contributed by atoms with Crippen molar-refractivity contribution < 1.29 is 14.6 Å². The van der Waals surface area contributed by atoms with Crippen molar-refractivity contribution in [3.63, 3.8) is 0 Å². The highest BCUT2D eigenvalue weighted by Gasteiger charge is 2.17. The van der Waals surface area contributed by atoms with Gasteiger partial charge in [-0.1, -0.05) is 33.1 Å². The molecule has 4 nitrogen and oxygen atoms in total. The maximum Gasteiger partial charge on any atom is 0.231 e. The molecule has 0 radical (unpaired) electrons. The second-order valence-electron chi connectivity index (χ2n) is 5.34. The van der Waals surface area contributed by atoms with Crippen molar-refractivity contribution >= 4 is 0 Å². The maximum atomic E-state index is 10.0. The number of phenols is 1. The predicted octanol–water partition coefficient (Wildman–Crippen LogP) is 3.57. The minimum atomic E-state index is 0.237. The van der Waals surface area contributed by atoms with Crippen molar-refractivity contribution in [1.29, 1.82) is 0 Å². The molecule has 2 N–H and O–H groups in total. The highest BCUT2D eigenvalue weighted by molar-refractivity contribution is 5.51. The van der Waals surface area contributed by atoms with Crippen molar-refractivity contribution in [1.82, 2.24) is 5.32 Å². The summed E-state index contributed by atoms with van der Waals surface area (Å²) >= 11 is 0. The minimum Gasteiger partial charge on any atom is -0.507 e. The fourth-order valence-corrected chi connectivity index (χ4v) is 2.52. The Hall–Kier alpha value is -1.42. The summed E-state index contributed by atoms with van der Waals surface area (Å²) in [6.45, 7) is 5.32. The number of ether oxygens (including phenoxy) is 2. The highest BCUT2D eigenvalue weighted by Crippen LogP contribution is 2.37. The van der Waals surface area contributed by atoms with Crippen LogP contribution in [0.15, 0.2) is 12.1 Å². The van der Waals surface area contributed by atoms with Crippen molar-refractivity contribution in [3.05, 3.63) is 17.7 Å². The number of hydrogen-bond donors (Lipinski definition) is 2. The zero-order chi connectivity index (χ0) is 14.4. The monoisotopic (exact) mass is 279 g/mol. The van der Waals surface area contributed by atoms with Crippen LogP contribution in [-0.4, -0.2) is 17.9 Å². The van der Waals surface area contributed by atoms with E-state index < -0.39 is 0 Å². The fourth-order valence-electron chi connectivity index (χ4n) is 2.52. The summed E-state index contributed by atoms with van der Waals surface area (Å²) in [5.74, 6) is 1.62. The third-order valence-corrected chi connectivity index (χ3v) is 3.70. The molecule has 0 fully saturated rings. The third kappa shape index (κ3) is 3.79. The molecule has 0 saturated heterocycles. The molecule has 1 atom stereocenters. The molecule has 20 heavy (non-hydrogen) atoms. The smallest absolute Gasteiger partial charge is 0.231 e. The van der Waals surface area contributed by atoms with Gasteiger partial charge in [0.2, 0.25) is 6.79 Å². The van der Waals surface area contributed by atoms with E-state index in [2.05, 4.69) is 19.2 Å². The van der Waals surface area contributed by atoms with Gasteiger partial charge in [-0.05, 0) is 18.9 Å². The van der Waals surface area contributed by atoms with Gasteiger partial charge in [-0.25, -0.2) is 0 Å². The molecule has 0 saturated carbocycles. The Morgan fingerprint density at radius 3 is 2.60 bits per heavy atom. The Kier molecular flexibility index (Phi) is 5.53. The number of hydrogen-bond acceptors (Lipinski definition) is 4. The van der Waals surface area contributed by atoms with Gasteiger partial charge in [0.25, 0.3) is 0 Å². The number of fused-ring (bicyclic) bond motifs is 1. The maximum absolute atomic E-state index is 10.0. The molecule has 0 amide bonds. The molecule has 1 aromatic rings. The lowest BCUT2D eigenvalue weighted by Gasteiger charge is -2.18. The van der Waals surface area contributed by atoms with E-state index in [0.29, 0.717) is 18.3 Å². The molecule has 1 aliphatic rings. The first-order valence-corrected chi connectivity index (χ1v) is 7.59. The minimum absolute atomic E-state index is 0.237. The van der Waals surface area contributed by atoms with Gasteiger partial charge in [0.05, 0.1) is 0 Å². The van der Waals surface area contributed by atoms with Gasteiger partial charge in [0, 0.05) is 24.2 Å². The van der Waals surface area contributed by atoms with E-state index in [9.17, 15) is 5.11 Å². The molecule has 1 aliphatic heterocycles. The first-order valence-electron chi connectivity index (χ1n) is 7.59. The first kappa shape index (κ1) is 15.0. The zero-order valence-corrected chi connectivity index (χ0v) is 12.4. The Balaban J connectivity index is 1.95. The van der Waals surface area contributed by atoms with E-state index in [4.69, 9.17) is 9.47 Å². The first-order chi connectivity index (χ1) is 9.74. The lowest BCUT2D eigenvalue weighted by molar-refractivity contribution is 0.174. The molecule has 1 heterocycles. The summed E-state index contributed by atoms with van der Waals surface area (Å²) in [7, 11) is 0. The number of unbranched alkanes of at least 4 members (excludes halogenated alkanes) is 1. The normalized spacial score (nSPS) is 14.5. The summed E-state index contributed by atoms with van der Waals surface area (Å²) in [5, 5.41) is 13.6. The third-order valence-electron chi connectivity index (χ3n) is 3.70. The lowest BCUT2D eigenvalue weighted by atomic mass is 10.0. The molecule has 0 bridgehead atoms. The molecule has 1 unspecified atom stereocenters. The van der Waals surface area contributed by atoms with Crippen LogP contribution in [0.1, 0.15) is 51.5 Å². The molecule has 1 aromatic carbocycles. The second-order valence-corrected chi connectivity index (χ2v) is 5.34. The van der Waals surface area contributed by atoms with Crippen LogP contribution in [0.5, 0.6) is 17.2 Å². The molecule has 0 aliphatic carbocycles. The Bertz CT molecular complexity index is 434. The number of benzene rings is 1. The Labute approximate surface area is 121 Å². The van der Waals surface area contributed by atoms with Crippen LogP contribution in [0.25, 0.3) is 0 Å². The molecule has 0 spiro atoms. The van der Waals surface area contributed by atoms with E-state index in [0.717, 1.165) is 11.3 Å². The SMILES string of the molecule is CCCCC(CCC)NCc1cc2c(cc1O)OCO2. The molecular weight excluding hydrogens is 254 g/mol. The summed E-state index contributed by atoms with van der Waals surface area (Å²) in [5.41, 5.74) is 0.867. The lowest BCUT2D eigenvalue weighted by Crippen LogP contribution is -2.28.